The summed E-state index contributed by atoms with van der Waals surface area (Å²) >= 11 is 0. The lowest BCUT2D eigenvalue weighted by molar-refractivity contribution is -0.168. The lowest BCUT2D eigenvalue weighted by Gasteiger charge is -2.22. The monoisotopic (exact) mass is 265 g/mol. The van der Waals surface area contributed by atoms with Gasteiger partial charge in [0.15, 0.2) is 6.29 Å². The van der Waals surface area contributed by atoms with Gasteiger partial charge >= 0.3 is 6.09 Å². The quantitative estimate of drug-likeness (QED) is 0.887. The Labute approximate surface area is 112 Å². The number of nitrogens with two attached hydrogens (primary N) is 1. The van der Waals surface area contributed by atoms with E-state index in [-0.39, 0.29) is 12.9 Å². The van der Waals surface area contributed by atoms with E-state index in [1.807, 2.05) is 24.3 Å². The molecule has 0 aliphatic carbocycles. The number of carbonyl (C=O) groups is 1. The maximum atomic E-state index is 10.5. The van der Waals surface area contributed by atoms with Crippen molar-refractivity contribution in [3.05, 3.63) is 35.4 Å². The third-order valence-electron chi connectivity index (χ3n) is 2.98. The van der Waals surface area contributed by atoms with Crippen LogP contribution in [0.4, 0.5) is 4.79 Å². The summed E-state index contributed by atoms with van der Waals surface area (Å²) in [5.41, 5.74) is 6.87. The molecule has 2 N–H and O–H groups in total. The average molecular weight is 265 g/mol. The van der Waals surface area contributed by atoms with Gasteiger partial charge in [0.2, 0.25) is 0 Å². The van der Waals surface area contributed by atoms with Crippen molar-refractivity contribution in [2.45, 2.75) is 38.8 Å². The average Bonchev–Trinajstić information content (AvgIpc) is 2.45. The summed E-state index contributed by atoms with van der Waals surface area (Å²) in [5.74, 6) is 0. The van der Waals surface area contributed by atoms with E-state index in [0.717, 1.165) is 37.0 Å². The molecule has 1 saturated heterocycles. The summed E-state index contributed by atoms with van der Waals surface area (Å²) in [6, 6.07) is 7.68. The van der Waals surface area contributed by atoms with Crippen LogP contribution >= 0.6 is 0 Å². The van der Waals surface area contributed by atoms with Crippen molar-refractivity contribution in [3.63, 3.8) is 0 Å². The first-order valence-electron chi connectivity index (χ1n) is 6.47. The standard InChI is InChI=1S/C14H19NO4/c15-14(16)19-10-12-6-4-11(5-7-12)9-18-13-3-1-2-8-17-13/h4-7,13H,1-3,8-10H2,(H2,15,16). The lowest BCUT2D eigenvalue weighted by atomic mass is 10.1. The summed E-state index contributed by atoms with van der Waals surface area (Å²) < 4.78 is 15.9. The summed E-state index contributed by atoms with van der Waals surface area (Å²) in [6.45, 7) is 1.51. The molecule has 5 nitrogen and oxygen atoms in total. The Morgan fingerprint density at radius 1 is 1.21 bits per heavy atom. The predicted molar refractivity (Wildman–Crippen MR) is 69.2 cm³/mol. The minimum Gasteiger partial charge on any atom is -0.445 e. The molecule has 1 aliphatic heterocycles. The van der Waals surface area contributed by atoms with Crippen molar-refractivity contribution in [3.8, 4) is 0 Å². The Balaban J connectivity index is 1.76. The maximum Gasteiger partial charge on any atom is 0.404 e. The van der Waals surface area contributed by atoms with E-state index in [0.29, 0.717) is 6.61 Å². The van der Waals surface area contributed by atoms with E-state index in [2.05, 4.69) is 0 Å². The first-order valence-corrected chi connectivity index (χ1v) is 6.47. The Bertz CT molecular complexity index is 398. The summed E-state index contributed by atoms with van der Waals surface area (Å²) in [7, 11) is 0. The maximum absolute atomic E-state index is 10.5. The van der Waals surface area contributed by atoms with Crippen LogP contribution in [0.1, 0.15) is 30.4 Å². The van der Waals surface area contributed by atoms with E-state index in [1.54, 1.807) is 0 Å². The Hall–Kier alpha value is -1.59. The third-order valence-corrected chi connectivity index (χ3v) is 2.98. The van der Waals surface area contributed by atoms with Crippen molar-refractivity contribution < 1.29 is 19.0 Å². The summed E-state index contributed by atoms with van der Waals surface area (Å²) in [5, 5.41) is 0. The van der Waals surface area contributed by atoms with Crippen LogP contribution in [0, 0.1) is 0 Å². The molecule has 1 aromatic rings. The number of primary amides is 1. The zero-order chi connectivity index (χ0) is 13.5. The molecule has 1 aliphatic rings. The van der Waals surface area contributed by atoms with Crippen LogP contribution in [0.15, 0.2) is 24.3 Å². The van der Waals surface area contributed by atoms with Gasteiger partial charge in [0.1, 0.15) is 6.61 Å². The second-order valence-corrected chi connectivity index (χ2v) is 4.53. The Morgan fingerprint density at radius 3 is 2.47 bits per heavy atom. The molecule has 0 saturated carbocycles. The first kappa shape index (κ1) is 13.8. The fraction of sp³-hybridized carbons (Fsp3) is 0.500. The molecule has 19 heavy (non-hydrogen) atoms. The molecular weight excluding hydrogens is 246 g/mol. The van der Waals surface area contributed by atoms with Crippen LogP contribution in [0.25, 0.3) is 0 Å². The second kappa shape index (κ2) is 7.11. The van der Waals surface area contributed by atoms with Crippen LogP contribution in [0.3, 0.4) is 0 Å². The lowest BCUT2D eigenvalue weighted by Crippen LogP contribution is -2.21. The van der Waals surface area contributed by atoms with E-state index in [4.69, 9.17) is 19.9 Å². The van der Waals surface area contributed by atoms with Gasteiger partial charge in [-0.25, -0.2) is 4.79 Å². The van der Waals surface area contributed by atoms with Crippen molar-refractivity contribution in [1.82, 2.24) is 0 Å². The van der Waals surface area contributed by atoms with E-state index in [9.17, 15) is 4.79 Å². The molecule has 2 rings (SSSR count). The number of hydrogen-bond acceptors (Lipinski definition) is 4. The topological polar surface area (TPSA) is 70.8 Å². The molecule has 1 heterocycles. The van der Waals surface area contributed by atoms with Crippen molar-refractivity contribution in [1.29, 1.82) is 0 Å². The van der Waals surface area contributed by atoms with E-state index >= 15 is 0 Å². The largest absolute Gasteiger partial charge is 0.445 e. The number of rotatable bonds is 5. The molecule has 0 spiro atoms. The van der Waals surface area contributed by atoms with Gasteiger partial charge in [-0.3, -0.25) is 0 Å². The number of hydrogen-bond donors (Lipinski definition) is 1. The zero-order valence-electron chi connectivity index (χ0n) is 10.8. The van der Waals surface area contributed by atoms with Gasteiger partial charge < -0.3 is 19.9 Å². The second-order valence-electron chi connectivity index (χ2n) is 4.53. The number of amides is 1. The molecule has 1 amide bonds. The van der Waals surface area contributed by atoms with Crippen LogP contribution in [-0.4, -0.2) is 19.0 Å². The highest BCUT2D eigenvalue weighted by molar-refractivity contribution is 5.64. The van der Waals surface area contributed by atoms with Gasteiger partial charge in [0.05, 0.1) is 6.61 Å². The van der Waals surface area contributed by atoms with E-state index < -0.39 is 6.09 Å². The molecule has 1 unspecified atom stereocenters. The van der Waals surface area contributed by atoms with Gasteiger partial charge in [-0.2, -0.15) is 0 Å². The molecular formula is C14H19NO4. The van der Waals surface area contributed by atoms with Crippen molar-refractivity contribution >= 4 is 6.09 Å². The third kappa shape index (κ3) is 4.89. The molecule has 0 bridgehead atoms. The van der Waals surface area contributed by atoms with Crippen LogP contribution in [0.5, 0.6) is 0 Å². The zero-order valence-corrected chi connectivity index (χ0v) is 10.8. The molecule has 1 atom stereocenters. The summed E-state index contributed by atoms with van der Waals surface area (Å²) in [6.07, 6.45) is 2.40. The molecule has 0 radical (unpaired) electrons. The number of ether oxygens (including phenoxy) is 3. The number of carbonyl (C=O) groups excluding carboxylic acids is 1. The van der Waals surface area contributed by atoms with Gasteiger partial charge in [-0.15, -0.1) is 0 Å². The fourth-order valence-corrected chi connectivity index (χ4v) is 1.92. The van der Waals surface area contributed by atoms with Crippen LogP contribution in [0.2, 0.25) is 0 Å². The van der Waals surface area contributed by atoms with Gasteiger partial charge in [0, 0.05) is 6.61 Å². The van der Waals surface area contributed by atoms with Crippen LogP contribution in [-0.2, 0) is 27.4 Å². The summed E-state index contributed by atoms with van der Waals surface area (Å²) in [4.78, 5) is 10.5. The minimum atomic E-state index is -0.762. The van der Waals surface area contributed by atoms with Gasteiger partial charge in [0.25, 0.3) is 0 Å². The van der Waals surface area contributed by atoms with Gasteiger partial charge in [-0.05, 0) is 30.4 Å². The molecule has 1 aromatic carbocycles. The smallest absolute Gasteiger partial charge is 0.404 e. The van der Waals surface area contributed by atoms with Crippen molar-refractivity contribution in [2.75, 3.05) is 6.61 Å². The van der Waals surface area contributed by atoms with Crippen molar-refractivity contribution in [2.24, 2.45) is 5.73 Å². The Kier molecular flexibility index (Phi) is 5.18. The highest BCUT2D eigenvalue weighted by Gasteiger charge is 2.13. The molecule has 5 heteroatoms. The van der Waals surface area contributed by atoms with Crippen LogP contribution < -0.4 is 5.73 Å². The first-order chi connectivity index (χ1) is 9.24. The SMILES string of the molecule is NC(=O)OCc1ccc(COC2CCCCO2)cc1. The Morgan fingerprint density at radius 2 is 1.89 bits per heavy atom. The fourth-order valence-electron chi connectivity index (χ4n) is 1.92. The minimum absolute atomic E-state index is 0.0772. The molecule has 0 aromatic heterocycles. The number of benzene rings is 1. The molecule has 1 fully saturated rings. The highest BCUT2D eigenvalue weighted by Crippen LogP contribution is 2.16. The van der Waals surface area contributed by atoms with Gasteiger partial charge in [-0.1, -0.05) is 24.3 Å². The predicted octanol–water partition coefficient (Wildman–Crippen LogP) is 2.33. The van der Waals surface area contributed by atoms with E-state index in [1.165, 1.54) is 0 Å². The normalized spacial score (nSPS) is 19.1. The highest BCUT2D eigenvalue weighted by atomic mass is 16.7. The molecule has 104 valence electrons.